The van der Waals surface area contributed by atoms with Gasteiger partial charge in [0.05, 0.1) is 33.0 Å². The monoisotopic (exact) mass is 373 g/mol. The molecule has 1 aromatic carbocycles. The highest BCUT2D eigenvalue weighted by molar-refractivity contribution is 9.10. The third-order valence-corrected chi connectivity index (χ3v) is 4.79. The number of H-pyrrole nitrogens is 1. The molecule has 0 spiro atoms. The number of benzene rings is 1. The molecule has 0 atom stereocenters. The Morgan fingerprint density at radius 2 is 2.00 bits per heavy atom. The fourth-order valence-electron chi connectivity index (χ4n) is 1.89. The number of aromatic nitrogens is 3. The Balaban J connectivity index is 2.40. The van der Waals surface area contributed by atoms with Crippen LogP contribution in [0, 0.1) is 4.77 Å². The van der Waals surface area contributed by atoms with Gasteiger partial charge in [0.1, 0.15) is 0 Å². The molecule has 2 aromatic heterocycles. The topological polar surface area (TPSA) is 33.6 Å². The Morgan fingerprint density at radius 3 is 2.79 bits per heavy atom. The lowest BCUT2D eigenvalue weighted by Crippen LogP contribution is -1.95. The molecule has 96 valence electrons. The molecule has 7 heteroatoms. The summed E-state index contributed by atoms with van der Waals surface area (Å²) >= 11 is 21.1. The first-order valence-corrected chi connectivity index (χ1v) is 7.24. The van der Waals surface area contributed by atoms with E-state index in [2.05, 4.69) is 25.9 Å². The maximum absolute atomic E-state index is 6.30. The molecule has 0 amide bonds. The second-order valence-corrected chi connectivity index (χ2v) is 5.85. The van der Waals surface area contributed by atoms with Gasteiger partial charge in [0.15, 0.2) is 4.77 Å². The molecule has 2 heterocycles. The summed E-state index contributed by atoms with van der Waals surface area (Å²) in [7, 11) is 0. The first-order valence-electron chi connectivity index (χ1n) is 5.28. The Bertz CT molecular complexity index is 841. The van der Waals surface area contributed by atoms with Gasteiger partial charge in [0, 0.05) is 10.7 Å². The van der Waals surface area contributed by atoms with Crippen molar-refractivity contribution in [2.45, 2.75) is 0 Å². The zero-order valence-corrected chi connectivity index (χ0v) is 13.2. The number of pyridine rings is 1. The molecule has 19 heavy (non-hydrogen) atoms. The van der Waals surface area contributed by atoms with Gasteiger partial charge in [-0.05, 0) is 46.3 Å². The van der Waals surface area contributed by atoms with Gasteiger partial charge in [0.2, 0.25) is 0 Å². The lowest BCUT2D eigenvalue weighted by Gasteiger charge is -2.09. The van der Waals surface area contributed by atoms with Gasteiger partial charge in [-0.2, -0.15) is 0 Å². The third kappa shape index (κ3) is 2.10. The van der Waals surface area contributed by atoms with E-state index in [0.29, 0.717) is 14.8 Å². The maximum atomic E-state index is 6.30. The molecule has 3 rings (SSSR count). The smallest absolute Gasteiger partial charge is 0.182 e. The molecule has 3 nitrogen and oxygen atoms in total. The van der Waals surface area contributed by atoms with Gasteiger partial charge in [-0.25, -0.2) is 0 Å². The van der Waals surface area contributed by atoms with Gasteiger partial charge in [-0.1, -0.05) is 23.2 Å². The summed E-state index contributed by atoms with van der Waals surface area (Å²) in [6.07, 6.45) is 3.42. The zero-order chi connectivity index (χ0) is 13.6. The highest BCUT2D eigenvalue weighted by atomic mass is 79.9. The summed E-state index contributed by atoms with van der Waals surface area (Å²) < 4.78 is 3.13. The molecule has 1 N–H and O–H groups in total. The second-order valence-electron chi connectivity index (χ2n) is 3.85. The van der Waals surface area contributed by atoms with Crippen molar-refractivity contribution in [2.75, 3.05) is 0 Å². The van der Waals surface area contributed by atoms with Crippen molar-refractivity contribution in [3.63, 3.8) is 0 Å². The highest BCUT2D eigenvalue weighted by Gasteiger charge is 2.13. The number of aromatic amines is 1. The quantitative estimate of drug-likeness (QED) is 0.471. The zero-order valence-electron chi connectivity index (χ0n) is 9.32. The number of fused-ring (bicyclic) bond motifs is 1. The Labute approximate surface area is 132 Å². The number of imidazole rings is 1. The standard InChI is InChI=1S/C12H6BrCl2N3S/c13-6-1-2-9(11(15)10(6)14)18-8-3-4-16-5-7(8)17-12(18)19/h1-5H,(H,17,19). The highest BCUT2D eigenvalue weighted by Crippen LogP contribution is 2.36. The van der Waals surface area contributed by atoms with Crippen molar-refractivity contribution >= 4 is 62.4 Å². The lowest BCUT2D eigenvalue weighted by molar-refractivity contribution is 1.06. The molecule has 0 aliphatic carbocycles. The SMILES string of the molecule is S=c1[nH]c2cnccc2n1-c1ccc(Br)c(Cl)c1Cl. The minimum Gasteiger partial charge on any atom is -0.329 e. The Morgan fingerprint density at radius 1 is 1.21 bits per heavy atom. The molecular weight excluding hydrogens is 369 g/mol. The molecule has 0 unspecified atom stereocenters. The number of rotatable bonds is 1. The average Bonchev–Trinajstić information content (AvgIpc) is 2.73. The van der Waals surface area contributed by atoms with Crippen molar-refractivity contribution < 1.29 is 0 Å². The van der Waals surface area contributed by atoms with Crippen LogP contribution in [0.2, 0.25) is 10.0 Å². The molecule has 0 fully saturated rings. The molecular formula is C12H6BrCl2N3S. The van der Waals surface area contributed by atoms with E-state index in [1.807, 2.05) is 22.8 Å². The van der Waals surface area contributed by atoms with Crippen molar-refractivity contribution in [1.29, 1.82) is 0 Å². The summed E-state index contributed by atoms with van der Waals surface area (Å²) in [5.41, 5.74) is 2.49. The molecule has 0 radical (unpaired) electrons. The van der Waals surface area contributed by atoms with Crippen LogP contribution in [0.15, 0.2) is 35.1 Å². The number of halogens is 3. The minimum absolute atomic E-state index is 0.449. The third-order valence-electron chi connectivity index (χ3n) is 2.74. The molecule has 0 saturated carbocycles. The van der Waals surface area contributed by atoms with Crippen molar-refractivity contribution in [2.24, 2.45) is 0 Å². The first kappa shape index (κ1) is 13.1. The van der Waals surface area contributed by atoms with Gasteiger partial charge in [-0.3, -0.25) is 9.55 Å². The van der Waals surface area contributed by atoms with Crippen LogP contribution in [0.5, 0.6) is 0 Å². The second kappa shape index (κ2) is 4.90. The van der Waals surface area contributed by atoms with Crippen molar-refractivity contribution in [3.05, 3.63) is 49.9 Å². The Kier molecular flexibility index (Phi) is 3.39. The molecule has 0 aliphatic rings. The van der Waals surface area contributed by atoms with E-state index in [9.17, 15) is 0 Å². The van der Waals surface area contributed by atoms with E-state index < -0.39 is 0 Å². The van der Waals surface area contributed by atoms with E-state index in [1.54, 1.807) is 12.4 Å². The van der Waals surface area contributed by atoms with E-state index in [0.717, 1.165) is 21.2 Å². The lowest BCUT2D eigenvalue weighted by atomic mass is 10.3. The van der Waals surface area contributed by atoms with E-state index in [1.165, 1.54) is 0 Å². The van der Waals surface area contributed by atoms with Gasteiger partial charge in [0.25, 0.3) is 0 Å². The first-order chi connectivity index (χ1) is 9.09. The predicted octanol–water partition coefficient (Wildman–Crippen LogP) is 5.15. The van der Waals surface area contributed by atoms with Gasteiger partial charge >= 0.3 is 0 Å². The summed E-state index contributed by atoms with van der Waals surface area (Å²) in [5.74, 6) is 0. The molecule has 0 aliphatic heterocycles. The fraction of sp³-hybridized carbons (Fsp3) is 0. The number of nitrogens with zero attached hydrogens (tertiary/aromatic N) is 2. The summed E-state index contributed by atoms with van der Waals surface area (Å²) in [6, 6.07) is 5.57. The summed E-state index contributed by atoms with van der Waals surface area (Å²) in [5, 5.41) is 0.911. The van der Waals surface area contributed by atoms with E-state index in [4.69, 9.17) is 35.4 Å². The van der Waals surface area contributed by atoms with E-state index in [-0.39, 0.29) is 0 Å². The van der Waals surface area contributed by atoms with Crippen molar-refractivity contribution in [1.82, 2.24) is 14.5 Å². The molecule has 0 bridgehead atoms. The van der Waals surface area contributed by atoms with Crippen LogP contribution in [0.25, 0.3) is 16.7 Å². The molecule has 0 saturated heterocycles. The minimum atomic E-state index is 0.449. The summed E-state index contributed by atoms with van der Waals surface area (Å²) in [6.45, 7) is 0. The number of nitrogens with one attached hydrogen (secondary N) is 1. The van der Waals surface area contributed by atoms with Crippen LogP contribution in [0.4, 0.5) is 0 Å². The van der Waals surface area contributed by atoms with Crippen LogP contribution in [-0.2, 0) is 0 Å². The largest absolute Gasteiger partial charge is 0.329 e. The van der Waals surface area contributed by atoms with Crippen LogP contribution < -0.4 is 0 Å². The van der Waals surface area contributed by atoms with Crippen LogP contribution in [0.1, 0.15) is 0 Å². The number of hydrogen-bond donors (Lipinski definition) is 1. The van der Waals surface area contributed by atoms with Gasteiger partial charge in [-0.15, -0.1) is 0 Å². The summed E-state index contributed by atoms with van der Waals surface area (Å²) in [4.78, 5) is 7.15. The van der Waals surface area contributed by atoms with Crippen molar-refractivity contribution in [3.8, 4) is 5.69 Å². The Hall–Kier alpha value is -0.880. The molecule has 3 aromatic rings. The van der Waals surface area contributed by atoms with Crippen LogP contribution in [-0.4, -0.2) is 14.5 Å². The van der Waals surface area contributed by atoms with E-state index >= 15 is 0 Å². The predicted molar refractivity (Wildman–Crippen MR) is 84.0 cm³/mol. The van der Waals surface area contributed by atoms with Crippen LogP contribution >= 0.6 is 51.3 Å². The fourth-order valence-corrected chi connectivity index (χ4v) is 3.05. The van der Waals surface area contributed by atoms with Gasteiger partial charge < -0.3 is 4.98 Å². The normalized spacial score (nSPS) is 11.1. The van der Waals surface area contributed by atoms with Crippen LogP contribution in [0.3, 0.4) is 0 Å². The maximum Gasteiger partial charge on any atom is 0.182 e. The average molecular weight is 375 g/mol. The number of hydrogen-bond acceptors (Lipinski definition) is 2.